The zero-order chi connectivity index (χ0) is 6.28. The second-order valence-corrected chi connectivity index (χ2v) is 1.03. The van der Waals surface area contributed by atoms with Gasteiger partial charge in [-0.05, 0) is 6.92 Å². The molecule has 0 bridgehead atoms. The van der Waals surface area contributed by atoms with Crippen LogP contribution in [0.25, 0.3) is 0 Å². The average Bonchev–Trinajstić information content (AvgIpc) is 1.73. The summed E-state index contributed by atoms with van der Waals surface area (Å²) >= 11 is 0.300. The van der Waals surface area contributed by atoms with Crippen molar-refractivity contribution in [3.05, 3.63) is 0 Å². The first-order chi connectivity index (χ1) is 3.27. The third-order valence-electron chi connectivity index (χ3n) is 0.264. The van der Waals surface area contributed by atoms with E-state index in [0.717, 1.165) is 0 Å². The molecule has 0 aromatic heterocycles. The van der Waals surface area contributed by atoms with Gasteiger partial charge in [0.15, 0.2) is 0 Å². The molecule has 0 spiro atoms. The van der Waals surface area contributed by atoms with E-state index in [1.165, 1.54) is 6.92 Å². The van der Waals surface area contributed by atoms with Crippen molar-refractivity contribution >= 4 is 24.8 Å². The molecule has 0 aromatic carbocycles. The molecule has 0 radical (unpaired) electrons. The minimum atomic E-state index is -0.560. The van der Waals surface area contributed by atoms with Crippen LogP contribution in [0.2, 0.25) is 0 Å². The molecule has 6 heteroatoms. The van der Waals surface area contributed by atoms with Gasteiger partial charge in [0.2, 0.25) is 0 Å². The van der Waals surface area contributed by atoms with E-state index in [1.54, 1.807) is 0 Å². The Balaban J connectivity index is -0.0000000286. The summed E-state index contributed by atoms with van der Waals surface area (Å²) in [6.07, 6.45) is -0.560. The van der Waals surface area contributed by atoms with Crippen molar-refractivity contribution in [2.24, 2.45) is 0 Å². The van der Waals surface area contributed by atoms with E-state index in [9.17, 15) is 0 Å². The number of aliphatic hydroxyl groups excluding tert-OH is 2. The van der Waals surface area contributed by atoms with Crippen molar-refractivity contribution in [1.82, 2.24) is 0 Å². The van der Waals surface area contributed by atoms with Crippen LogP contribution >= 0.6 is 24.8 Å². The topological polar surface area (TPSA) is 57.5 Å². The molecule has 0 aliphatic rings. The monoisotopic (exact) mass is 254 g/mol. The molecule has 0 saturated heterocycles. The number of aliphatic hydroxyl groups is 2. The van der Waals surface area contributed by atoms with Crippen molar-refractivity contribution < 1.29 is 37.7 Å². The number of hydrogen-bond acceptors (Lipinski definition) is 3. The standard InChI is InChI=1S/C3H8O2.2ClH.O.Zr/c1-3(5)2-4;;;;/h3-5H,2H2,1H3;2*1H;;. The summed E-state index contributed by atoms with van der Waals surface area (Å²) in [5, 5.41) is 16.0. The predicted molar refractivity (Wildman–Crippen MR) is 33.9 cm³/mol. The van der Waals surface area contributed by atoms with E-state index in [4.69, 9.17) is 13.0 Å². The van der Waals surface area contributed by atoms with E-state index in [1.807, 2.05) is 0 Å². The minimum absolute atomic E-state index is 0. The van der Waals surface area contributed by atoms with E-state index >= 15 is 0 Å². The van der Waals surface area contributed by atoms with Gasteiger partial charge in [-0.1, -0.05) is 0 Å². The molecule has 0 heterocycles. The molecule has 3 nitrogen and oxygen atoms in total. The van der Waals surface area contributed by atoms with Gasteiger partial charge in [-0.15, -0.1) is 24.8 Å². The fourth-order valence-electron chi connectivity index (χ4n) is 0. The van der Waals surface area contributed by atoms with Gasteiger partial charge in [0.05, 0.1) is 12.7 Å². The van der Waals surface area contributed by atoms with Gasteiger partial charge < -0.3 is 10.2 Å². The summed E-state index contributed by atoms with van der Waals surface area (Å²) < 4.78 is 8.34. The number of rotatable bonds is 1. The molecule has 0 rings (SSSR count). The van der Waals surface area contributed by atoms with Crippen LogP contribution in [0.15, 0.2) is 0 Å². The predicted octanol–water partition coefficient (Wildman–Crippen LogP) is 0.0818. The van der Waals surface area contributed by atoms with Gasteiger partial charge >= 0.3 is 27.5 Å². The Morgan fingerprint density at radius 1 is 1.44 bits per heavy atom. The molecule has 1 unspecified atom stereocenters. The first kappa shape index (κ1) is 22.5. The molecular weight excluding hydrogens is 246 g/mol. The Morgan fingerprint density at radius 2 is 1.56 bits per heavy atom. The molecule has 0 aromatic rings. The quantitative estimate of drug-likeness (QED) is 0.698. The summed E-state index contributed by atoms with van der Waals surface area (Å²) in [4.78, 5) is 0. The first-order valence-electron chi connectivity index (χ1n) is 1.76. The second kappa shape index (κ2) is 22.9. The van der Waals surface area contributed by atoms with Gasteiger partial charge in [-0.3, -0.25) is 0 Å². The molecular formula is C3H10Cl2O3Zr. The molecule has 1 atom stereocenters. The molecule has 58 valence electrons. The van der Waals surface area contributed by atoms with Crippen LogP contribution in [0.1, 0.15) is 6.92 Å². The van der Waals surface area contributed by atoms with Crippen molar-refractivity contribution in [1.29, 1.82) is 0 Å². The van der Waals surface area contributed by atoms with Crippen molar-refractivity contribution in [2.45, 2.75) is 13.0 Å². The Labute approximate surface area is 81.9 Å². The average molecular weight is 256 g/mol. The number of hydrogen-bond donors (Lipinski definition) is 2. The zero-order valence-electron chi connectivity index (χ0n) is 4.90. The summed E-state index contributed by atoms with van der Waals surface area (Å²) in [6.45, 7) is 1.39. The van der Waals surface area contributed by atoms with Crippen LogP contribution in [0.5, 0.6) is 0 Å². The Bertz CT molecular complexity index is 38.2. The Hall–Kier alpha value is 1.18. The van der Waals surface area contributed by atoms with Gasteiger partial charge in [0.25, 0.3) is 0 Å². The molecule has 0 amide bonds. The SMILES string of the molecule is CC(O)CO.Cl.Cl.[O]=[Zr]. The van der Waals surface area contributed by atoms with Crippen LogP contribution in [0.3, 0.4) is 0 Å². The van der Waals surface area contributed by atoms with Gasteiger partial charge in [-0.25, -0.2) is 0 Å². The molecule has 0 saturated carbocycles. The van der Waals surface area contributed by atoms with Crippen LogP contribution in [0, 0.1) is 0 Å². The third kappa shape index (κ3) is 46.8. The van der Waals surface area contributed by atoms with Crippen molar-refractivity contribution in [2.75, 3.05) is 6.61 Å². The van der Waals surface area contributed by atoms with Crippen molar-refractivity contribution in [3.8, 4) is 0 Å². The fraction of sp³-hybridized carbons (Fsp3) is 1.00. The summed E-state index contributed by atoms with van der Waals surface area (Å²) in [7, 11) is 0. The molecule has 0 aliphatic carbocycles. The first-order valence-corrected chi connectivity index (χ1v) is 2.77. The van der Waals surface area contributed by atoms with Crippen LogP contribution < -0.4 is 0 Å². The number of halogens is 2. The molecule has 9 heavy (non-hydrogen) atoms. The maximum atomic E-state index is 8.34. The zero-order valence-corrected chi connectivity index (χ0v) is 8.99. The third-order valence-corrected chi connectivity index (χ3v) is 0.264. The summed E-state index contributed by atoms with van der Waals surface area (Å²) in [5.41, 5.74) is 0. The van der Waals surface area contributed by atoms with E-state index < -0.39 is 6.10 Å². The van der Waals surface area contributed by atoms with Crippen molar-refractivity contribution in [3.63, 3.8) is 0 Å². The molecule has 2 N–H and O–H groups in total. The van der Waals surface area contributed by atoms with Gasteiger partial charge in [0, 0.05) is 0 Å². The fourth-order valence-corrected chi connectivity index (χ4v) is 0. The normalized spacial score (nSPS) is 8.67. The Morgan fingerprint density at radius 3 is 1.56 bits per heavy atom. The van der Waals surface area contributed by atoms with Crippen LogP contribution in [-0.4, -0.2) is 22.9 Å². The Kier molecular flexibility index (Phi) is 57.1. The molecule has 0 fully saturated rings. The van der Waals surface area contributed by atoms with Gasteiger partial charge in [-0.2, -0.15) is 0 Å². The van der Waals surface area contributed by atoms with E-state index in [0.29, 0.717) is 24.7 Å². The van der Waals surface area contributed by atoms with Crippen LogP contribution in [0.4, 0.5) is 0 Å². The van der Waals surface area contributed by atoms with Crippen LogP contribution in [-0.2, 0) is 27.5 Å². The maximum absolute atomic E-state index is 8.34. The summed E-state index contributed by atoms with van der Waals surface area (Å²) in [5.74, 6) is 0. The molecule has 0 aliphatic heterocycles. The van der Waals surface area contributed by atoms with E-state index in [2.05, 4.69) is 0 Å². The second-order valence-electron chi connectivity index (χ2n) is 1.03. The van der Waals surface area contributed by atoms with E-state index in [-0.39, 0.29) is 31.4 Å². The van der Waals surface area contributed by atoms with Gasteiger partial charge in [0.1, 0.15) is 0 Å². The summed E-state index contributed by atoms with van der Waals surface area (Å²) in [6, 6.07) is 0.